The van der Waals surface area contributed by atoms with Gasteiger partial charge in [0.2, 0.25) is 0 Å². The molecule has 0 aliphatic heterocycles. The molecule has 0 spiro atoms. The fourth-order valence-corrected chi connectivity index (χ4v) is 0.864. The Kier molecular flexibility index (Phi) is 15.8. The van der Waals surface area contributed by atoms with E-state index in [9.17, 15) is 9.59 Å². The number of hydrogen-bond donors (Lipinski definition) is 0. The average Bonchev–Trinajstić information content (AvgIpc) is 2.31. The minimum Gasteiger partial charge on any atom is -0.399 e. The van der Waals surface area contributed by atoms with E-state index in [4.69, 9.17) is 0 Å². The summed E-state index contributed by atoms with van der Waals surface area (Å²) in [4.78, 5) is 29.1. The smallest absolute Gasteiger partial charge is 0.174 e. The highest BCUT2D eigenvalue weighted by Crippen LogP contribution is 1.98. The summed E-state index contributed by atoms with van der Waals surface area (Å²) >= 11 is 0. The van der Waals surface area contributed by atoms with Gasteiger partial charge in [-0.05, 0) is 26.2 Å². The summed E-state index contributed by atoms with van der Waals surface area (Å²) in [5.41, 5.74) is 0. The second-order valence-electron chi connectivity index (χ2n) is 3.45. The molecule has 0 aromatic heterocycles. The average molecular weight is 258 g/mol. The van der Waals surface area contributed by atoms with Crippen LogP contribution in [0.2, 0.25) is 0 Å². The molecule has 0 aliphatic rings. The van der Waals surface area contributed by atoms with Crippen molar-refractivity contribution in [3.63, 3.8) is 0 Å². The Morgan fingerprint density at radius 3 is 2.06 bits per heavy atom. The van der Waals surface area contributed by atoms with Crippen LogP contribution in [-0.4, -0.2) is 38.2 Å². The van der Waals surface area contributed by atoms with E-state index in [-0.39, 0.29) is 11.6 Å². The van der Waals surface area contributed by atoms with E-state index in [1.807, 2.05) is 0 Å². The lowest BCUT2D eigenvalue weighted by Crippen LogP contribution is -1.89. The van der Waals surface area contributed by atoms with Crippen molar-refractivity contribution in [2.45, 2.75) is 39.5 Å². The first-order valence-electron chi connectivity index (χ1n) is 5.66. The minimum absolute atomic E-state index is 0.109. The zero-order chi connectivity index (χ0) is 14.2. The first kappa shape index (κ1) is 18.6. The summed E-state index contributed by atoms with van der Waals surface area (Å²) in [6.45, 7) is 3.02. The number of nitrogens with zero attached hydrogens (tertiary/aromatic N) is 2. The van der Waals surface area contributed by atoms with Gasteiger partial charge in [-0.15, -0.1) is 0 Å². The van der Waals surface area contributed by atoms with Gasteiger partial charge < -0.3 is 14.5 Å². The van der Waals surface area contributed by atoms with Gasteiger partial charge in [0.1, 0.15) is 26.2 Å². The van der Waals surface area contributed by atoms with Crippen molar-refractivity contribution in [1.29, 1.82) is 0 Å². The molecule has 0 heterocycles. The van der Waals surface area contributed by atoms with Gasteiger partial charge in [0.15, 0.2) is 5.78 Å². The lowest BCUT2D eigenvalue weighted by Gasteiger charge is -1.92. The van der Waals surface area contributed by atoms with Gasteiger partial charge >= 0.3 is 0 Å². The molecule has 0 bridgehead atoms. The standard InChI is InChI=1S/C8H15NO2.C4H7NO2/c1-8(10)6-4-3-5-7-9-11-2;1-4(6)3-5-7-2/h7H,3-6H2,1-2H3;3H,1-2H3. The third-order valence-corrected chi connectivity index (χ3v) is 1.63. The molecule has 0 fully saturated rings. The monoisotopic (exact) mass is 258 g/mol. The third-order valence-electron chi connectivity index (χ3n) is 1.63. The van der Waals surface area contributed by atoms with Gasteiger partial charge in [-0.2, -0.15) is 0 Å². The highest BCUT2D eigenvalue weighted by Gasteiger charge is 1.91. The number of unbranched alkanes of at least 4 members (excludes halogenated alkanes) is 2. The van der Waals surface area contributed by atoms with E-state index >= 15 is 0 Å². The quantitative estimate of drug-likeness (QED) is 0.379. The zero-order valence-electron chi connectivity index (χ0n) is 11.5. The van der Waals surface area contributed by atoms with Crippen LogP contribution in [0.25, 0.3) is 0 Å². The van der Waals surface area contributed by atoms with Crippen molar-refractivity contribution < 1.29 is 19.3 Å². The maximum Gasteiger partial charge on any atom is 0.174 e. The molecule has 0 aromatic rings. The summed E-state index contributed by atoms with van der Waals surface area (Å²) in [6.07, 6.45) is 6.36. The van der Waals surface area contributed by atoms with E-state index in [1.165, 1.54) is 21.1 Å². The molecule has 0 aliphatic carbocycles. The largest absolute Gasteiger partial charge is 0.399 e. The summed E-state index contributed by atoms with van der Waals surface area (Å²) in [6, 6.07) is 0. The van der Waals surface area contributed by atoms with Crippen LogP contribution in [0.15, 0.2) is 10.3 Å². The van der Waals surface area contributed by atoms with E-state index in [2.05, 4.69) is 20.0 Å². The van der Waals surface area contributed by atoms with Gasteiger partial charge in [-0.1, -0.05) is 10.3 Å². The molecular weight excluding hydrogens is 236 g/mol. The Morgan fingerprint density at radius 1 is 1.06 bits per heavy atom. The first-order valence-corrected chi connectivity index (χ1v) is 5.66. The maximum atomic E-state index is 10.5. The van der Waals surface area contributed by atoms with Crippen LogP contribution < -0.4 is 0 Å². The number of rotatable bonds is 8. The Hall–Kier alpha value is -1.72. The molecule has 18 heavy (non-hydrogen) atoms. The molecule has 6 heteroatoms. The Morgan fingerprint density at radius 2 is 1.67 bits per heavy atom. The van der Waals surface area contributed by atoms with E-state index in [0.29, 0.717) is 6.42 Å². The van der Waals surface area contributed by atoms with Crippen molar-refractivity contribution in [3.8, 4) is 0 Å². The van der Waals surface area contributed by atoms with Gasteiger partial charge in [0.25, 0.3) is 0 Å². The number of Topliss-reactive ketones (excluding diaryl/α,β-unsaturated/α-hetero) is 2. The van der Waals surface area contributed by atoms with Crippen LogP contribution in [0.4, 0.5) is 0 Å². The molecule has 0 N–H and O–H groups in total. The van der Waals surface area contributed by atoms with Gasteiger partial charge in [0.05, 0.1) is 0 Å². The SMILES string of the molecule is CON=CC(C)=O.CON=CCCCCC(C)=O. The number of hydrogen-bond acceptors (Lipinski definition) is 6. The van der Waals surface area contributed by atoms with Crippen LogP contribution >= 0.6 is 0 Å². The van der Waals surface area contributed by atoms with Gasteiger partial charge in [-0.25, -0.2) is 0 Å². The van der Waals surface area contributed by atoms with Crippen LogP contribution in [-0.2, 0) is 19.3 Å². The molecule has 0 aromatic carbocycles. The van der Waals surface area contributed by atoms with Crippen LogP contribution in [0.3, 0.4) is 0 Å². The molecule has 104 valence electrons. The Bertz CT molecular complexity index is 275. The highest BCUT2D eigenvalue weighted by molar-refractivity contribution is 6.26. The van der Waals surface area contributed by atoms with Gasteiger partial charge in [-0.3, -0.25) is 4.79 Å². The molecule has 0 unspecified atom stereocenters. The molecule has 0 amide bonds. The molecule has 0 saturated heterocycles. The van der Waals surface area contributed by atoms with Crippen molar-refractivity contribution in [2.75, 3.05) is 14.2 Å². The highest BCUT2D eigenvalue weighted by atomic mass is 16.6. The second-order valence-corrected chi connectivity index (χ2v) is 3.45. The van der Waals surface area contributed by atoms with Crippen LogP contribution in [0.5, 0.6) is 0 Å². The Balaban J connectivity index is 0. The third kappa shape index (κ3) is 23.8. The second kappa shape index (κ2) is 15.3. The maximum absolute atomic E-state index is 10.5. The Labute approximate surface area is 108 Å². The minimum atomic E-state index is -0.109. The lowest BCUT2D eigenvalue weighted by molar-refractivity contribution is -0.117. The zero-order valence-corrected chi connectivity index (χ0v) is 11.5. The molecule has 0 radical (unpaired) electrons. The van der Waals surface area contributed by atoms with Crippen molar-refractivity contribution in [2.24, 2.45) is 10.3 Å². The molecule has 0 saturated carbocycles. The predicted octanol–water partition coefficient (Wildman–Crippen LogP) is 1.98. The summed E-state index contributed by atoms with van der Waals surface area (Å²) in [7, 11) is 2.91. The van der Waals surface area contributed by atoms with E-state index in [1.54, 1.807) is 13.1 Å². The first-order chi connectivity index (χ1) is 8.54. The molecule has 0 atom stereocenters. The molecule has 0 rings (SSSR count). The number of ketones is 2. The number of carbonyl (C=O) groups excluding carboxylic acids is 2. The topological polar surface area (TPSA) is 77.3 Å². The van der Waals surface area contributed by atoms with Gasteiger partial charge in [0, 0.05) is 19.6 Å². The normalized spacial score (nSPS) is 10.0. The lowest BCUT2D eigenvalue weighted by atomic mass is 10.1. The van der Waals surface area contributed by atoms with E-state index in [0.717, 1.165) is 25.5 Å². The number of carbonyl (C=O) groups is 2. The van der Waals surface area contributed by atoms with Crippen molar-refractivity contribution in [3.05, 3.63) is 0 Å². The predicted molar refractivity (Wildman–Crippen MR) is 70.8 cm³/mol. The molecular formula is C12H22N2O4. The van der Waals surface area contributed by atoms with Crippen LogP contribution in [0.1, 0.15) is 39.5 Å². The summed E-state index contributed by atoms with van der Waals surface area (Å²) in [5, 5.41) is 6.78. The molecule has 6 nitrogen and oxygen atoms in total. The summed E-state index contributed by atoms with van der Waals surface area (Å²) in [5.74, 6) is 0.149. The van der Waals surface area contributed by atoms with E-state index < -0.39 is 0 Å². The van der Waals surface area contributed by atoms with Crippen LogP contribution in [0, 0.1) is 0 Å². The number of oxime groups is 2. The van der Waals surface area contributed by atoms with Crippen molar-refractivity contribution >= 4 is 24.0 Å². The fourth-order valence-electron chi connectivity index (χ4n) is 0.864. The van der Waals surface area contributed by atoms with Crippen molar-refractivity contribution in [1.82, 2.24) is 0 Å². The summed E-state index contributed by atoms with van der Waals surface area (Å²) < 4.78 is 0. The fraction of sp³-hybridized carbons (Fsp3) is 0.667.